The molecule has 35 heavy (non-hydrogen) atoms. The zero-order valence-corrected chi connectivity index (χ0v) is 20.5. The number of rotatable bonds is 3. The average molecular weight is 519 g/mol. The second-order valence-corrected chi connectivity index (χ2v) is 9.37. The van der Waals surface area contributed by atoms with E-state index in [0.717, 1.165) is 34.3 Å². The van der Waals surface area contributed by atoms with Crippen LogP contribution in [-0.2, 0) is 0 Å². The molecule has 3 aromatic carbocycles. The van der Waals surface area contributed by atoms with Gasteiger partial charge in [0.05, 0.1) is 5.69 Å². The summed E-state index contributed by atoms with van der Waals surface area (Å²) in [4.78, 5) is 7.09. The van der Waals surface area contributed by atoms with Gasteiger partial charge < -0.3 is 0 Å². The Hall–Kier alpha value is -3.45. The predicted molar refractivity (Wildman–Crippen MR) is 142 cm³/mol. The van der Waals surface area contributed by atoms with Gasteiger partial charge in [-0.3, -0.25) is 19.0 Å². The molecule has 8 heteroatoms. The number of hydrogen-bond donors (Lipinski definition) is 0. The van der Waals surface area contributed by atoms with Crippen LogP contribution in [0.1, 0.15) is 17.3 Å². The summed E-state index contributed by atoms with van der Waals surface area (Å²) in [6.45, 7) is 0. The quantitative estimate of drug-likeness (QED) is 0.258. The van der Waals surface area contributed by atoms with E-state index in [2.05, 4.69) is 0 Å². The number of hydrogen-bond acceptors (Lipinski definition) is 3. The summed E-state index contributed by atoms with van der Waals surface area (Å²) in [5.41, 5.74) is 3.44. The van der Waals surface area contributed by atoms with Crippen LogP contribution in [0.25, 0.3) is 11.4 Å². The number of nitrogens with zero attached hydrogens (tertiary/aromatic N) is 4. The van der Waals surface area contributed by atoms with Gasteiger partial charge in [-0.25, -0.2) is 4.39 Å². The third kappa shape index (κ3) is 3.74. The fraction of sp³-hybridized carbons (Fsp3) is 0.0370. The summed E-state index contributed by atoms with van der Waals surface area (Å²) >= 11 is 18.5. The van der Waals surface area contributed by atoms with Gasteiger partial charge in [0.15, 0.2) is 4.77 Å². The summed E-state index contributed by atoms with van der Waals surface area (Å²) in [5, 5.41) is 1.27. The van der Waals surface area contributed by atoms with Gasteiger partial charge >= 0.3 is 0 Å². The largest absolute Gasteiger partial charge is 0.286 e. The predicted octanol–water partition coefficient (Wildman–Crippen LogP) is 7.83. The molecule has 0 saturated carbocycles. The number of aromatic nitrogens is 2. The number of allylic oxidation sites excluding steroid dienone is 2. The highest BCUT2D eigenvalue weighted by Gasteiger charge is 2.35. The number of anilines is 1. The molecule has 1 unspecified atom stereocenters. The fourth-order valence-corrected chi connectivity index (χ4v) is 5.08. The van der Waals surface area contributed by atoms with Gasteiger partial charge in [0.25, 0.3) is 0 Å². The Morgan fingerprint density at radius 2 is 1.37 bits per heavy atom. The zero-order chi connectivity index (χ0) is 24.1. The van der Waals surface area contributed by atoms with E-state index >= 15 is 0 Å². The van der Waals surface area contributed by atoms with Crippen LogP contribution in [0.2, 0.25) is 10.0 Å². The van der Waals surface area contributed by atoms with Crippen LogP contribution < -0.4 is 4.90 Å². The Labute approximate surface area is 216 Å². The molecule has 172 valence electrons. The van der Waals surface area contributed by atoms with E-state index in [0.29, 0.717) is 14.8 Å². The van der Waals surface area contributed by atoms with Crippen molar-refractivity contribution in [2.45, 2.75) is 6.04 Å². The van der Waals surface area contributed by atoms with E-state index in [9.17, 15) is 4.39 Å². The lowest BCUT2D eigenvalue weighted by Gasteiger charge is -2.32. The summed E-state index contributed by atoms with van der Waals surface area (Å²) in [5.74, 6) is 1.32. The SMILES string of the molecule is Fc1ccc(C2N=C3C=CC=CN3c3c2n(-c2ccc(Cl)cc2)c(=S)n3-c2ccc(Cl)cc2)cc1. The van der Waals surface area contributed by atoms with Crippen LogP contribution >= 0.6 is 35.4 Å². The molecule has 1 aromatic heterocycles. The van der Waals surface area contributed by atoms with Crippen LogP contribution in [0.5, 0.6) is 0 Å². The lowest BCUT2D eigenvalue weighted by Crippen LogP contribution is -2.32. The van der Waals surface area contributed by atoms with Gasteiger partial charge in [0.2, 0.25) is 0 Å². The second-order valence-electron chi connectivity index (χ2n) is 8.13. The molecule has 0 aliphatic carbocycles. The van der Waals surface area contributed by atoms with E-state index in [-0.39, 0.29) is 5.82 Å². The number of imidazole rings is 1. The van der Waals surface area contributed by atoms with E-state index < -0.39 is 6.04 Å². The van der Waals surface area contributed by atoms with Gasteiger partial charge in [-0.05, 0) is 90.6 Å². The summed E-state index contributed by atoms with van der Waals surface area (Å²) in [6.07, 6.45) is 7.82. The fourth-order valence-electron chi connectivity index (χ4n) is 4.44. The summed E-state index contributed by atoms with van der Waals surface area (Å²) in [7, 11) is 0. The highest BCUT2D eigenvalue weighted by atomic mass is 35.5. The maximum atomic E-state index is 13.8. The molecular weight excluding hydrogens is 502 g/mol. The minimum Gasteiger partial charge on any atom is -0.286 e. The summed E-state index contributed by atoms with van der Waals surface area (Å²) in [6, 6.07) is 21.1. The van der Waals surface area contributed by atoms with Crippen LogP contribution in [-0.4, -0.2) is 15.0 Å². The second kappa shape index (κ2) is 8.64. The minimum atomic E-state index is -0.418. The maximum Gasteiger partial charge on any atom is 0.191 e. The molecule has 0 spiro atoms. The molecule has 2 aliphatic heterocycles. The lowest BCUT2D eigenvalue weighted by molar-refractivity contribution is 0.626. The first-order chi connectivity index (χ1) is 17.0. The maximum absolute atomic E-state index is 13.8. The first-order valence-electron chi connectivity index (χ1n) is 10.9. The molecule has 0 amide bonds. The Kier molecular flexibility index (Phi) is 5.44. The molecule has 4 nitrogen and oxygen atoms in total. The van der Waals surface area contributed by atoms with Crippen LogP contribution in [0.4, 0.5) is 10.2 Å². The van der Waals surface area contributed by atoms with E-state index in [1.807, 2.05) is 87.0 Å². The van der Waals surface area contributed by atoms with Crippen molar-refractivity contribution < 1.29 is 4.39 Å². The highest BCUT2D eigenvalue weighted by molar-refractivity contribution is 7.71. The number of fused-ring (bicyclic) bond motifs is 3. The van der Waals surface area contributed by atoms with Gasteiger partial charge in [-0.15, -0.1) is 0 Å². The Morgan fingerprint density at radius 3 is 2.00 bits per heavy atom. The highest BCUT2D eigenvalue weighted by Crippen LogP contribution is 2.43. The van der Waals surface area contributed by atoms with Crippen molar-refractivity contribution in [1.82, 2.24) is 9.13 Å². The van der Waals surface area contributed by atoms with Crippen molar-refractivity contribution >= 4 is 47.1 Å². The standard InChI is InChI=1S/C27H17Cl2FN4S/c28-18-6-12-21(13-7-18)33-25-24(17-4-10-20(30)11-5-17)31-23-3-1-2-16-32(23)26(25)34(27(33)35)22-14-8-19(29)9-15-22/h1-16,24H. The number of aliphatic imine (C=N–C) groups is 1. The van der Waals surface area contributed by atoms with Crippen LogP contribution in [0, 0.1) is 10.6 Å². The molecule has 2 aliphatic rings. The molecule has 1 atom stereocenters. The lowest BCUT2D eigenvalue weighted by atomic mass is 10.0. The molecule has 0 N–H and O–H groups in total. The summed E-state index contributed by atoms with van der Waals surface area (Å²) < 4.78 is 18.4. The molecule has 4 aromatic rings. The van der Waals surface area contributed by atoms with Crippen molar-refractivity contribution in [1.29, 1.82) is 0 Å². The minimum absolute atomic E-state index is 0.298. The third-order valence-electron chi connectivity index (χ3n) is 6.01. The number of amidine groups is 1. The number of halogens is 3. The van der Waals surface area contributed by atoms with Crippen molar-refractivity contribution in [3.63, 3.8) is 0 Å². The molecule has 0 bridgehead atoms. The average Bonchev–Trinajstić information content (AvgIpc) is 3.18. The first kappa shape index (κ1) is 22.0. The Morgan fingerprint density at radius 1 is 0.771 bits per heavy atom. The van der Waals surface area contributed by atoms with Crippen molar-refractivity contribution in [3.8, 4) is 11.4 Å². The van der Waals surface area contributed by atoms with Gasteiger partial charge in [-0.1, -0.05) is 41.4 Å². The van der Waals surface area contributed by atoms with Gasteiger partial charge in [0.1, 0.15) is 23.5 Å². The first-order valence-corrected chi connectivity index (χ1v) is 12.0. The Bertz CT molecular complexity index is 1580. The van der Waals surface area contributed by atoms with E-state index in [1.54, 1.807) is 12.1 Å². The van der Waals surface area contributed by atoms with Crippen molar-refractivity contribution in [2.75, 3.05) is 4.90 Å². The third-order valence-corrected chi connectivity index (χ3v) is 6.88. The van der Waals surface area contributed by atoms with E-state index in [1.165, 1.54) is 12.1 Å². The molecular formula is C27H17Cl2FN4S. The normalized spacial score (nSPS) is 16.1. The monoisotopic (exact) mass is 518 g/mol. The molecule has 3 heterocycles. The topological polar surface area (TPSA) is 25.5 Å². The van der Waals surface area contributed by atoms with Gasteiger partial charge in [0, 0.05) is 27.6 Å². The zero-order valence-electron chi connectivity index (χ0n) is 18.1. The molecule has 0 radical (unpaired) electrons. The van der Waals surface area contributed by atoms with Crippen LogP contribution in [0.3, 0.4) is 0 Å². The molecule has 0 fully saturated rings. The van der Waals surface area contributed by atoms with Crippen molar-refractivity contribution in [2.24, 2.45) is 4.99 Å². The van der Waals surface area contributed by atoms with Crippen molar-refractivity contribution in [3.05, 3.63) is 129 Å². The Balaban J connectivity index is 1.71. The smallest absolute Gasteiger partial charge is 0.191 e. The number of benzene rings is 3. The van der Waals surface area contributed by atoms with Crippen LogP contribution in [0.15, 0.2) is 102 Å². The molecule has 6 rings (SSSR count). The van der Waals surface area contributed by atoms with E-state index in [4.69, 9.17) is 40.4 Å². The molecule has 0 saturated heterocycles. The van der Waals surface area contributed by atoms with Gasteiger partial charge in [-0.2, -0.15) is 0 Å².